The maximum Gasteiger partial charge on any atom is 0.263 e. The molecule has 0 atom stereocenters. The molecule has 4 aromatic rings. The molecule has 5 heterocycles. The lowest BCUT2D eigenvalue weighted by molar-refractivity contribution is -0.0379. The smallest absolute Gasteiger partial charge is 0.263 e. The number of fused-ring (bicyclic) bond motifs is 4. The Labute approximate surface area is 198 Å². The number of hydrogen-bond acceptors (Lipinski definition) is 8. The summed E-state index contributed by atoms with van der Waals surface area (Å²) in [5.41, 5.74) is 1.82. The van der Waals surface area contributed by atoms with Crippen molar-refractivity contribution in [2.45, 2.75) is 49.9 Å². The molecule has 2 aliphatic heterocycles. The molecule has 9 heteroatoms. The molecule has 1 aromatic carbocycles. The summed E-state index contributed by atoms with van der Waals surface area (Å²) < 4.78 is 24.2. The molecular weight excluding hydrogens is 460 g/mol. The Bertz CT molecular complexity index is 1400. The van der Waals surface area contributed by atoms with Gasteiger partial charge in [0, 0.05) is 17.1 Å². The topological polar surface area (TPSA) is 75.7 Å². The Hall–Kier alpha value is -2.75. The number of thioether (sulfide) groups is 1. The normalized spacial score (nSPS) is 16.3. The maximum atomic E-state index is 13.8. The molecule has 0 radical (unpaired) electrons. The van der Waals surface area contributed by atoms with Gasteiger partial charge >= 0.3 is 0 Å². The fraction of sp³-hybridized carbons (Fsp3) is 0.333. The zero-order valence-corrected chi connectivity index (χ0v) is 19.9. The number of aromatic nitrogens is 2. The first kappa shape index (κ1) is 20.8. The van der Waals surface area contributed by atoms with Crippen molar-refractivity contribution in [2.24, 2.45) is 0 Å². The number of thiophene rings is 1. The number of furan rings is 1. The molecule has 0 saturated heterocycles. The molecule has 6 rings (SSSR count). The monoisotopic (exact) mass is 482 g/mol. The summed E-state index contributed by atoms with van der Waals surface area (Å²) in [7, 11) is 0. The van der Waals surface area contributed by atoms with Gasteiger partial charge in [0.1, 0.15) is 10.6 Å². The van der Waals surface area contributed by atoms with E-state index in [0.29, 0.717) is 35.9 Å². The Balaban J connectivity index is 1.41. The Morgan fingerprint density at radius 1 is 1.21 bits per heavy atom. The summed E-state index contributed by atoms with van der Waals surface area (Å²) in [4.78, 5) is 20.6. The van der Waals surface area contributed by atoms with Crippen LogP contribution in [0.15, 0.2) is 51.0 Å². The van der Waals surface area contributed by atoms with Crippen LogP contribution < -0.4 is 15.0 Å². The van der Waals surface area contributed by atoms with E-state index in [1.54, 1.807) is 22.2 Å². The van der Waals surface area contributed by atoms with Crippen molar-refractivity contribution >= 4 is 33.3 Å². The lowest BCUT2D eigenvalue weighted by Crippen LogP contribution is -2.32. The third-order valence-corrected chi connectivity index (χ3v) is 8.00. The van der Waals surface area contributed by atoms with Crippen LogP contribution in [0.25, 0.3) is 10.2 Å². The van der Waals surface area contributed by atoms with Crippen molar-refractivity contribution in [3.63, 3.8) is 0 Å². The molecule has 3 aromatic heterocycles. The molecule has 0 amide bonds. The van der Waals surface area contributed by atoms with Crippen LogP contribution in [-0.4, -0.2) is 21.9 Å². The van der Waals surface area contributed by atoms with Crippen LogP contribution >= 0.6 is 23.1 Å². The van der Waals surface area contributed by atoms with Gasteiger partial charge in [0.05, 0.1) is 30.4 Å². The molecule has 0 spiro atoms. The van der Waals surface area contributed by atoms with Gasteiger partial charge in [0.2, 0.25) is 6.79 Å². The van der Waals surface area contributed by atoms with Crippen molar-refractivity contribution in [2.75, 3.05) is 6.79 Å². The van der Waals surface area contributed by atoms with E-state index in [1.165, 1.54) is 11.8 Å². The van der Waals surface area contributed by atoms with Crippen LogP contribution in [-0.2, 0) is 30.1 Å². The zero-order valence-electron chi connectivity index (χ0n) is 18.3. The maximum absolute atomic E-state index is 13.8. The van der Waals surface area contributed by atoms with E-state index in [-0.39, 0.29) is 18.0 Å². The number of rotatable bonds is 5. The first-order valence-electron chi connectivity index (χ1n) is 10.7. The minimum Gasteiger partial charge on any atom is -0.467 e. The largest absolute Gasteiger partial charge is 0.467 e. The standard InChI is InChI=1S/C24H22N2O5S2/c1-24(2)9-16-19(11-31-24)33-21-20(16)22(27)26(10-15-4-3-7-28-15)23(25-21)32-12-14-5-6-17-18(8-14)30-13-29-17/h3-8H,9-13H2,1-2H3. The fourth-order valence-corrected chi connectivity index (χ4v) is 6.28. The van der Waals surface area contributed by atoms with E-state index < -0.39 is 0 Å². The van der Waals surface area contributed by atoms with E-state index >= 15 is 0 Å². The molecule has 170 valence electrons. The van der Waals surface area contributed by atoms with Gasteiger partial charge in [0.25, 0.3) is 5.56 Å². The minimum atomic E-state index is -0.300. The van der Waals surface area contributed by atoms with Crippen molar-refractivity contribution in [3.05, 3.63) is 68.7 Å². The minimum absolute atomic E-state index is 0.0280. The molecular formula is C24H22N2O5S2. The predicted octanol–water partition coefficient (Wildman–Crippen LogP) is 4.97. The summed E-state index contributed by atoms with van der Waals surface area (Å²) >= 11 is 3.09. The quantitative estimate of drug-likeness (QED) is 0.294. The molecule has 33 heavy (non-hydrogen) atoms. The van der Waals surface area contributed by atoms with Gasteiger partial charge in [-0.05, 0) is 49.2 Å². The molecule has 0 saturated carbocycles. The average Bonchev–Trinajstić information content (AvgIpc) is 3.53. The molecule has 0 aliphatic carbocycles. The van der Waals surface area contributed by atoms with E-state index in [4.69, 9.17) is 23.6 Å². The Morgan fingerprint density at radius 2 is 2.09 bits per heavy atom. The van der Waals surface area contributed by atoms with E-state index in [9.17, 15) is 4.79 Å². The summed E-state index contributed by atoms with van der Waals surface area (Å²) in [5.74, 6) is 2.87. The van der Waals surface area contributed by atoms with Crippen LogP contribution in [0.5, 0.6) is 11.5 Å². The van der Waals surface area contributed by atoms with Gasteiger partial charge in [0.15, 0.2) is 16.7 Å². The number of benzene rings is 1. The predicted molar refractivity (Wildman–Crippen MR) is 126 cm³/mol. The Morgan fingerprint density at radius 3 is 2.94 bits per heavy atom. The first-order valence-corrected chi connectivity index (χ1v) is 12.5. The highest BCUT2D eigenvalue weighted by atomic mass is 32.2. The summed E-state index contributed by atoms with van der Waals surface area (Å²) in [6.45, 7) is 5.22. The van der Waals surface area contributed by atoms with E-state index in [0.717, 1.165) is 38.1 Å². The van der Waals surface area contributed by atoms with E-state index in [1.807, 2.05) is 30.3 Å². The second-order valence-electron chi connectivity index (χ2n) is 8.75. The highest BCUT2D eigenvalue weighted by Crippen LogP contribution is 2.38. The summed E-state index contributed by atoms with van der Waals surface area (Å²) in [6.07, 6.45) is 2.32. The molecule has 0 N–H and O–H groups in total. The second-order valence-corrected chi connectivity index (χ2v) is 10.8. The van der Waals surface area contributed by atoms with Crippen molar-refractivity contribution in [3.8, 4) is 11.5 Å². The van der Waals surface area contributed by atoms with Gasteiger partial charge in [-0.2, -0.15) is 0 Å². The number of hydrogen-bond donors (Lipinski definition) is 0. The van der Waals surface area contributed by atoms with Crippen LogP contribution in [0.2, 0.25) is 0 Å². The average molecular weight is 483 g/mol. The SMILES string of the molecule is CC1(C)Cc2c(sc3nc(SCc4ccc5c(c4)OCO5)n(Cc4ccco4)c(=O)c23)CO1. The van der Waals surface area contributed by atoms with Crippen LogP contribution in [0, 0.1) is 0 Å². The van der Waals surface area contributed by atoms with Gasteiger partial charge in [-0.15, -0.1) is 11.3 Å². The molecule has 0 unspecified atom stereocenters. The van der Waals surface area contributed by atoms with Crippen molar-refractivity contribution in [1.29, 1.82) is 0 Å². The summed E-state index contributed by atoms with van der Waals surface area (Å²) in [6, 6.07) is 9.62. The lowest BCUT2D eigenvalue weighted by Gasteiger charge is -2.29. The third kappa shape index (κ3) is 3.84. The van der Waals surface area contributed by atoms with Crippen LogP contribution in [0.3, 0.4) is 0 Å². The van der Waals surface area contributed by atoms with Crippen molar-refractivity contribution < 1.29 is 18.6 Å². The third-order valence-electron chi connectivity index (χ3n) is 5.85. The van der Waals surface area contributed by atoms with Gasteiger partial charge in [-0.3, -0.25) is 9.36 Å². The van der Waals surface area contributed by atoms with Crippen LogP contribution in [0.4, 0.5) is 0 Å². The van der Waals surface area contributed by atoms with Gasteiger partial charge < -0.3 is 18.6 Å². The molecule has 0 bridgehead atoms. The Kier molecular flexibility index (Phi) is 5.01. The zero-order chi connectivity index (χ0) is 22.6. The van der Waals surface area contributed by atoms with Gasteiger partial charge in [-0.1, -0.05) is 17.8 Å². The summed E-state index contributed by atoms with van der Waals surface area (Å²) in [5, 5.41) is 1.38. The highest BCUT2D eigenvalue weighted by Gasteiger charge is 2.31. The van der Waals surface area contributed by atoms with Gasteiger partial charge in [-0.25, -0.2) is 4.98 Å². The fourth-order valence-electron chi connectivity index (χ4n) is 4.19. The number of ether oxygens (including phenoxy) is 3. The second kappa shape index (κ2) is 7.93. The van der Waals surface area contributed by atoms with Crippen molar-refractivity contribution in [1.82, 2.24) is 9.55 Å². The highest BCUT2D eigenvalue weighted by molar-refractivity contribution is 7.98. The lowest BCUT2D eigenvalue weighted by atomic mass is 9.94. The van der Waals surface area contributed by atoms with E-state index in [2.05, 4.69) is 13.8 Å². The molecule has 2 aliphatic rings. The number of nitrogens with zero attached hydrogens (tertiary/aromatic N) is 2. The first-order chi connectivity index (χ1) is 16.0. The molecule has 0 fully saturated rings. The van der Waals surface area contributed by atoms with Crippen LogP contribution in [0.1, 0.15) is 35.6 Å². The molecule has 7 nitrogen and oxygen atoms in total.